The molecule has 0 fully saturated rings. The summed E-state index contributed by atoms with van der Waals surface area (Å²) in [5.74, 6) is -2.76. The quantitative estimate of drug-likeness (QED) is 0.0796. The summed E-state index contributed by atoms with van der Waals surface area (Å²) in [5.41, 5.74) is 1.54. The highest BCUT2D eigenvalue weighted by Gasteiger charge is 2.45. The number of anilines is 1. The number of phosphoric ester groups is 1. The molecule has 0 unspecified atom stereocenters. The van der Waals surface area contributed by atoms with Crippen molar-refractivity contribution in [1.82, 2.24) is 4.98 Å². The lowest BCUT2D eigenvalue weighted by atomic mass is 10.1. The fourth-order valence-electron chi connectivity index (χ4n) is 3.92. The molecule has 1 aromatic heterocycles. The van der Waals surface area contributed by atoms with Crippen LogP contribution in [-0.4, -0.2) is 50.2 Å². The highest BCUT2D eigenvalue weighted by atomic mass is 35.5. The third kappa shape index (κ3) is 12.6. The first-order valence-electron chi connectivity index (χ1n) is 14.6. The maximum absolute atomic E-state index is 13.7. The molecular formula is C31H41Cl2N2O8PSi2. The van der Waals surface area contributed by atoms with E-state index in [9.17, 15) is 19.1 Å². The van der Waals surface area contributed by atoms with Gasteiger partial charge in [0.05, 0.1) is 40.2 Å². The van der Waals surface area contributed by atoms with Crippen molar-refractivity contribution in [2.75, 3.05) is 18.5 Å². The number of hydrogen-bond donors (Lipinski definition) is 3. The molecule has 250 valence electrons. The van der Waals surface area contributed by atoms with Gasteiger partial charge in [0.1, 0.15) is 5.75 Å². The van der Waals surface area contributed by atoms with Gasteiger partial charge in [-0.05, 0) is 41.9 Å². The van der Waals surface area contributed by atoms with Crippen molar-refractivity contribution in [2.24, 2.45) is 0 Å². The standard InChI is InChI=1S/C31H41Cl2N2O8PSi2/c1-45(2,3)19-17-40-31(41-18-20-46(4,5)6,24-21-25(32)26(33)22-29(24)43-44(37,38)39)42-30(36)35-28-13-10-16-34-27(28)15-14-23-11-8-7-9-12-23/h7-16,21-22H,17-20H2,1-6H3,(H,35,36)(H2,37,38,39). The van der Waals surface area contributed by atoms with Crippen LogP contribution in [0.2, 0.25) is 61.4 Å². The van der Waals surface area contributed by atoms with Gasteiger partial charge in [-0.25, -0.2) is 9.36 Å². The zero-order chi connectivity index (χ0) is 34.2. The number of hydrogen-bond acceptors (Lipinski definition) is 7. The number of nitrogens with one attached hydrogen (secondary N) is 1. The Hall–Kier alpha value is -2.52. The summed E-state index contributed by atoms with van der Waals surface area (Å²) >= 11 is 12.6. The molecule has 15 heteroatoms. The Bertz CT molecular complexity index is 1540. The van der Waals surface area contributed by atoms with E-state index in [1.807, 2.05) is 36.4 Å². The van der Waals surface area contributed by atoms with Crippen LogP contribution < -0.4 is 9.84 Å². The number of carbonyl (C=O) groups excluding carboxylic acids is 1. The smallest absolute Gasteiger partial charge is 0.404 e. The SMILES string of the molecule is C[Si](C)(C)CCOC(OCC[Si](C)(C)C)(OC(=O)Nc1cccnc1C=Cc1ccccc1)c1cc(Cl)c(Cl)cc1OP(=O)(O)O. The van der Waals surface area contributed by atoms with E-state index in [1.165, 1.54) is 6.07 Å². The molecule has 2 aromatic carbocycles. The fourth-order valence-corrected chi connectivity index (χ4v) is 6.07. The Morgan fingerprint density at radius 3 is 2.07 bits per heavy atom. The normalized spacial score (nSPS) is 12.7. The average Bonchev–Trinajstić information content (AvgIpc) is 2.92. The Morgan fingerprint density at radius 1 is 0.913 bits per heavy atom. The molecule has 0 atom stereocenters. The second kappa shape index (κ2) is 16.1. The topological polar surface area (TPSA) is 136 Å². The van der Waals surface area contributed by atoms with Gasteiger partial charge in [0.2, 0.25) is 0 Å². The molecule has 0 spiro atoms. The van der Waals surface area contributed by atoms with Crippen molar-refractivity contribution < 1.29 is 37.9 Å². The lowest BCUT2D eigenvalue weighted by Gasteiger charge is -2.35. The molecule has 3 rings (SSSR count). The Labute approximate surface area is 282 Å². The largest absolute Gasteiger partial charge is 0.524 e. The van der Waals surface area contributed by atoms with Crippen molar-refractivity contribution in [3.8, 4) is 5.75 Å². The second-order valence-electron chi connectivity index (χ2n) is 12.9. The van der Waals surface area contributed by atoms with E-state index < -0.39 is 41.8 Å². The van der Waals surface area contributed by atoms with Gasteiger partial charge in [0.15, 0.2) is 0 Å². The number of amides is 1. The lowest BCUT2D eigenvalue weighted by Crippen LogP contribution is -2.42. The van der Waals surface area contributed by atoms with Gasteiger partial charge in [0.25, 0.3) is 0 Å². The van der Waals surface area contributed by atoms with Gasteiger partial charge in [-0.15, -0.1) is 0 Å². The molecule has 1 heterocycles. The summed E-state index contributed by atoms with van der Waals surface area (Å²) in [4.78, 5) is 37.6. The number of carbonyl (C=O) groups is 1. The zero-order valence-electron chi connectivity index (χ0n) is 26.8. The van der Waals surface area contributed by atoms with E-state index in [-0.39, 0.29) is 28.8 Å². The second-order valence-corrected chi connectivity index (χ2v) is 26.1. The van der Waals surface area contributed by atoms with E-state index in [1.54, 1.807) is 24.4 Å². The third-order valence-electron chi connectivity index (χ3n) is 6.39. The summed E-state index contributed by atoms with van der Waals surface area (Å²) in [5, 5.41) is 2.65. The van der Waals surface area contributed by atoms with Crippen LogP contribution in [0, 0.1) is 0 Å². The number of halogens is 2. The summed E-state index contributed by atoms with van der Waals surface area (Å²) in [6, 6.07) is 16.6. The molecule has 10 nitrogen and oxygen atoms in total. The number of benzene rings is 2. The van der Waals surface area contributed by atoms with Crippen LogP contribution in [0.5, 0.6) is 5.75 Å². The number of rotatable bonds is 15. The van der Waals surface area contributed by atoms with Crippen LogP contribution in [0.4, 0.5) is 10.5 Å². The van der Waals surface area contributed by atoms with Crippen LogP contribution in [0.15, 0.2) is 60.8 Å². The molecular weight excluding hydrogens is 686 g/mol. The van der Waals surface area contributed by atoms with Gasteiger partial charge >= 0.3 is 19.9 Å². The van der Waals surface area contributed by atoms with Gasteiger partial charge in [-0.3, -0.25) is 20.1 Å². The molecule has 0 aliphatic rings. The maximum Gasteiger partial charge on any atom is 0.524 e. The molecule has 46 heavy (non-hydrogen) atoms. The molecule has 0 bridgehead atoms. The number of pyridine rings is 1. The van der Waals surface area contributed by atoms with E-state index >= 15 is 0 Å². The molecule has 0 aliphatic heterocycles. The highest BCUT2D eigenvalue weighted by molar-refractivity contribution is 7.46. The molecule has 0 radical (unpaired) electrons. The highest BCUT2D eigenvalue weighted by Crippen LogP contribution is 2.47. The van der Waals surface area contributed by atoms with Crippen molar-refractivity contribution in [3.63, 3.8) is 0 Å². The van der Waals surface area contributed by atoms with Gasteiger partial charge in [-0.1, -0.05) is 98.9 Å². The molecule has 3 aromatic rings. The predicted molar refractivity (Wildman–Crippen MR) is 189 cm³/mol. The zero-order valence-corrected chi connectivity index (χ0v) is 31.2. The van der Waals surface area contributed by atoms with Gasteiger partial charge in [-0.2, -0.15) is 0 Å². The number of aromatic nitrogens is 1. The molecule has 0 aliphatic carbocycles. The van der Waals surface area contributed by atoms with E-state index in [2.05, 4.69) is 49.6 Å². The number of ether oxygens (including phenoxy) is 3. The van der Waals surface area contributed by atoms with Crippen molar-refractivity contribution >= 4 is 71.1 Å². The van der Waals surface area contributed by atoms with Crippen LogP contribution in [0.3, 0.4) is 0 Å². The van der Waals surface area contributed by atoms with Gasteiger partial charge < -0.3 is 18.7 Å². The maximum atomic E-state index is 13.7. The van der Waals surface area contributed by atoms with Crippen LogP contribution in [-0.2, 0) is 24.7 Å². The average molecular weight is 728 g/mol. The first kappa shape index (κ1) is 37.9. The first-order chi connectivity index (χ1) is 21.4. The van der Waals surface area contributed by atoms with E-state index in [4.69, 9.17) is 41.9 Å². The number of phosphoric acid groups is 1. The predicted octanol–water partition coefficient (Wildman–Crippen LogP) is 9.10. The van der Waals surface area contributed by atoms with Crippen LogP contribution >= 0.6 is 31.0 Å². The Morgan fingerprint density at radius 2 is 1.50 bits per heavy atom. The minimum absolute atomic E-state index is 0.00806. The summed E-state index contributed by atoms with van der Waals surface area (Å²) in [6.07, 6.45) is 4.20. The summed E-state index contributed by atoms with van der Waals surface area (Å²) in [7, 11) is -8.49. The first-order valence-corrected chi connectivity index (χ1v) is 24.3. The fraction of sp³-hybridized carbons (Fsp3) is 0.355. The third-order valence-corrected chi connectivity index (χ3v) is 11.0. The number of nitrogens with zero attached hydrogens (tertiary/aromatic N) is 1. The van der Waals surface area contributed by atoms with Gasteiger partial charge in [0, 0.05) is 28.4 Å². The molecule has 0 saturated heterocycles. The van der Waals surface area contributed by atoms with Crippen molar-refractivity contribution in [3.05, 3.63) is 87.7 Å². The van der Waals surface area contributed by atoms with Crippen molar-refractivity contribution in [1.29, 1.82) is 0 Å². The monoisotopic (exact) mass is 726 g/mol. The van der Waals surface area contributed by atoms with Crippen molar-refractivity contribution in [2.45, 2.75) is 57.3 Å². The molecule has 1 amide bonds. The summed E-state index contributed by atoms with van der Waals surface area (Å²) in [6.45, 7) is 13.0. The lowest BCUT2D eigenvalue weighted by molar-refractivity contribution is -0.364. The Balaban J connectivity index is 2.09. The molecule has 0 saturated carbocycles. The molecule has 3 N–H and O–H groups in total. The minimum Gasteiger partial charge on any atom is -0.404 e. The van der Waals surface area contributed by atoms with Crippen LogP contribution in [0.1, 0.15) is 16.8 Å². The van der Waals surface area contributed by atoms with Crippen LogP contribution in [0.25, 0.3) is 12.2 Å². The van der Waals surface area contributed by atoms with E-state index in [0.717, 1.165) is 11.6 Å². The summed E-state index contributed by atoms with van der Waals surface area (Å²) < 4.78 is 35.6. The van der Waals surface area contributed by atoms with E-state index in [0.29, 0.717) is 23.5 Å². The Kier molecular flexibility index (Phi) is 13.2. The minimum atomic E-state index is -5.12.